The third kappa shape index (κ3) is 5.22. The number of ether oxygens (including phenoxy) is 1. The Morgan fingerprint density at radius 1 is 1.35 bits per heavy atom. The Hall–Kier alpha value is -1.53. The first-order valence-corrected chi connectivity index (χ1v) is 6.54. The van der Waals surface area contributed by atoms with Gasteiger partial charge in [0.05, 0.1) is 13.2 Å². The molecule has 1 unspecified atom stereocenters. The normalized spacial score (nSPS) is 12.2. The van der Waals surface area contributed by atoms with E-state index in [1.54, 1.807) is 7.11 Å². The number of hydrogen-bond donors (Lipinski definition) is 2. The monoisotopic (exact) mass is 286 g/mol. The van der Waals surface area contributed by atoms with Gasteiger partial charge in [0, 0.05) is 13.2 Å². The van der Waals surface area contributed by atoms with E-state index in [-0.39, 0.29) is 12.6 Å². The average Bonchev–Trinajstić information content (AvgIpc) is 2.41. The molecule has 0 bridgehead atoms. The number of methoxy groups -OCH3 is 1. The van der Waals surface area contributed by atoms with E-state index in [0.717, 1.165) is 25.0 Å². The lowest BCUT2D eigenvalue weighted by Gasteiger charge is -2.17. The van der Waals surface area contributed by atoms with Crippen molar-refractivity contribution in [2.45, 2.75) is 25.8 Å². The molecule has 1 aromatic rings. The molecule has 1 rings (SSSR count). The molecule has 6 heteroatoms. The van der Waals surface area contributed by atoms with Gasteiger partial charge in [0.1, 0.15) is 17.3 Å². The van der Waals surface area contributed by atoms with E-state index in [1.807, 2.05) is 6.92 Å². The summed E-state index contributed by atoms with van der Waals surface area (Å²) < 4.78 is 31.7. The van der Waals surface area contributed by atoms with Gasteiger partial charge in [-0.2, -0.15) is 0 Å². The van der Waals surface area contributed by atoms with Crippen LogP contribution in [0.5, 0.6) is 0 Å². The van der Waals surface area contributed by atoms with Gasteiger partial charge in [0.25, 0.3) is 0 Å². The summed E-state index contributed by atoms with van der Waals surface area (Å²) in [5.74, 6) is -2.08. The van der Waals surface area contributed by atoms with Crippen LogP contribution in [-0.4, -0.2) is 32.2 Å². The lowest BCUT2D eigenvalue weighted by molar-refractivity contribution is -0.115. The van der Waals surface area contributed by atoms with E-state index in [9.17, 15) is 13.6 Å². The zero-order valence-corrected chi connectivity index (χ0v) is 11.7. The highest BCUT2D eigenvalue weighted by molar-refractivity contribution is 5.92. The zero-order valence-electron chi connectivity index (χ0n) is 11.7. The summed E-state index contributed by atoms with van der Waals surface area (Å²) in [5.41, 5.74) is -0.418. The zero-order chi connectivity index (χ0) is 15.0. The fraction of sp³-hybridized carbons (Fsp3) is 0.500. The highest BCUT2D eigenvalue weighted by Gasteiger charge is 2.13. The molecule has 0 fully saturated rings. The number of hydrogen-bond acceptors (Lipinski definition) is 3. The van der Waals surface area contributed by atoms with Gasteiger partial charge in [-0.15, -0.1) is 0 Å². The maximum atomic E-state index is 13.4. The smallest absolute Gasteiger partial charge is 0.238 e. The Morgan fingerprint density at radius 3 is 2.55 bits per heavy atom. The summed E-state index contributed by atoms with van der Waals surface area (Å²) in [7, 11) is 1.58. The summed E-state index contributed by atoms with van der Waals surface area (Å²) in [6, 6.07) is 3.48. The molecule has 4 nitrogen and oxygen atoms in total. The van der Waals surface area contributed by atoms with E-state index in [4.69, 9.17) is 4.74 Å². The molecular formula is C14H20F2N2O2. The van der Waals surface area contributed by atoms with Crippen LogP contribution in [0.2, 0.25) is 0 Å². The number of rotatable bonds is 8. The SMILES string of the molecule is CCCC(COC)NCC(=O)Nc1c(F)cccc1F. The van der Waals surface area contributed by atoms with Crippen molar-refractivity contribution in [3.63, 3.8) is 0 Å². The van der Waals surface area contributed by atoms with Gasteiger partial charge in [-0.05, 0) is 18.6 Å². The second-order valence-corrected chi connectivity index (χ2v) is 4.47. The van der Waals surface area contributed by atoms with E-state index < -0.39 is 23.2 Å². The van der Waals surface area contributed by atoms with Crippen LogP contribution in [0.4, 0.5) is 14.5 Å². The minimum atomic E-state index is -0.791. The van der Waals surface area contributed by atoms with Crippen molar-refractivity contribution in [2.75, 3.05) is 25.6 Å². The summed E-state index contributed by atoms with van der Waals surface area (Å²) in [4.78, 5) is 11.7. The Morgan fingerprint density at radius 2 is 2.00 bits per heavy atom. The second-order valence-electron chi connectivity index (χ2n) is 4.47. The molecule has 2 N–H and O–H groups in total. The fourth-order valence-corrected chi connectivity index (χ4v) is 1.83. The first-order chi connectivity index (χ1) is 9.58. The van der Waals surface area contributed by atoms with Crippen LogP contribution in [0.25, 0.3) is 0 Å². The maximum absolute atomic E-state index is 13.4. The number of carbonyl (C=O) groups excluding carboxylic acids is 1. The van der Waals surface area contributed by atoms with E-state index in [2.05, 4.69) is 10.6 Å². The Labute approximate surface area is 117 Å². The van der Waals surface area contributed by atoms with Gasteiger partial charge in [0.2, 0.25) is 5.91 Å². The van der Waals surface area contributed by atoms with Gasteiger partial charge in [0.15, 0.2) is 0 Å². The number of benzene rings is 1. The second kappa shape index (κ2) is 8.60. The Balaban J connectivity index is 2.51. The van der Waals surface area contributed by atoms with Crippen molar-refractivity contribution in [3.8, 4) is 0 Å². The Kier molecular flexibility index (Phi) is 7.11. The van der Waals surface area contributed by atoms with Crippen molar-refractivity contribution < 1.29 is 18.3 Å². The van der Waals surface area contributed by atoms with Gasteiger partial charge in [-0.25, -0.2) is 8.78 Å². The number of para-hydroxylation sites is 1. The average molecular weight is 286 g/mol. The van der Waals surface area contributed by atoms with Crippen molar-refractivity contribution in [2.24, 2.45) is 0 Å². The number of anilines is 1. The van der Waals surface area contributed by atoms with Crippen molar-refractivity contribution in [1.82, 2.24) is 5.32 Å². The summed E-state index contributed by atoms with van der Waals surface area (Å²) in [6.45, 7) is 2.48. The molecule has 1 amide bonds. The van der Waals surface area contributed by atoms with E-state index >= 15 is 0 Å². The van der Waals surface area contributed by atoms with Crippen LogP contribution in [0.15, 0.2) is 18.2 Å². The first-order valence-electron chi connectivity index (χ1n) is 6.54. The van der Waals surface area contributed by atoms with Crippen LogP contribution in [0.1, 0.15) is 19.8 Å². The molecule has 0 saturated heterocycles. The third-order valence-electron chi connectivity index (χ3n) is 2.78. The van der Waals surface area contributed by atoms with Gasteiger partial charge in [-0.1, -0.05) is 19.4 Å². The molecule has 1 atom stereocenters. The van der Waals surface area contributed by atoms with Crippen LogP contribution < -0.4 is 10.6 Å². The molecule has 0 aliphatic rings. The quantitative estimate of drug-likeness (QED) is 0.771. The van der Waals surface area contributed by atoms with Crippen LogP contribution in [0, 0.1) is 11.6 Å². The number of carbonyl (C=O) groups is 1. The van der Waals surface area contributed by atoms with E-state index in [1.165, 1.54) is 6.07 Å². The lowest BCUT2D eigenvalue weighted by atomic mass is 10.2. The number of nitrogens with one attached hydrogen (secondary N) is 2. The van der Waals surface area contributed by atoms with E-state index in [0.29, 0.717) is 6.61 Å². The predicted octanol–water partition coefficient (Wildman–Crippen LogP) is 2.31. The summed E-state index contributed by atoms with van der Waals surface area (Å²) >= 11 is 0. The minimum Gasteiger partial charge on any atom is -0.383 e. The predicted molar refractivity (Wildman–Crippen MR) is 73.6 cm³/mol. The molecule has 20 heavy (non-hydrogen) atoms. The largest absolute Gasteiger partial charge is 0.383 e. The minimum absolute atomic E-state index is 0.0260. The lowest BCUT2D eigenvalue weighted by Crippen LogP contribution is -2.38. The molecule has 0 radical (unpaired) electrons. The molecule has 0 aliphatic carbocycles. The van der Waals surface area contributed by atoms with Gasteiger partial charge >= 0.3 is 0 Å². The maximum Gasteiger partial charge on any atom is 0.238 e. The van der Waals surface area contributed by atoms with Crippen molar-refractivity contribution in [3.05, 3.63) is 29.8 Å². The molecule has 1 aromatic carbocycles. The molecule has 0 aliphatic heterocycles. The number of halogens is 2. The highest BCUT2D eigenvalue weighted by Crippen LogP contribution is 2.17. The topological polar surface area (TPSA) is 50.4 Å². The third-order valence-corrected chi connectivity index (χ3v) is 2.78. The van der Waals surface area contributed by atoms with Gasteiger partial charge < -0.3 is 15.4 Å². The molecule has 0 heterocycles. The summed E-state index contributed by atoms with van der Waals surface area (Å²) in [6.07, 6.45) is 1.81. The summed E-state index contributed by atoms with van der Waals surface area (Å²) in [5, 5.41) is 5.22. The molecular weight excluding hydrogens is 266 g/mol. The number of amides is 1. The molecule has 0 aromatic heterocycles. The molecule has 112 valence electrons. The van der Waals surface area contributed by atoms with Crippen LogP contribution in [-0.2, 0) is 9.53 Å². The highest BCUT2D eigenvalue weighted by atomic mass is 19.1. The molecule has 0 spiro atoms. The van der Waals surface area contributed by atoms with Crippen molar-refractivity contribution in [1.29, 1.82) is 0 Å². The first kappa shape index (κ1) is 16.5. The van der Waals surface area contributed by atoms with Crippen molar-refractivity contribution >= 4 is 11.6 Å². The van der Waals surface area contributed by atoms with Gasteiger partial charge in [-0.3, -0.25) is 4.79 Å². The standard InChI is InChI=1S/C14H20F2N2O2/c1-3-5-10(9-20-2)17-8-13(19)18-14-11(15)6-4-7-12(14)16/h4,6-7,10,17H,3,5,8-9H2,1-2H3,(H,18,19). The van der Waals surface area contributed by atoms with Crippen LogP contribution >= 0.6 is 0 Å². The fourth-order valence-electron chi connectivity index (χ4n) is 1.83. The molecule has 0 saturated carbocycles. The Bertz CT molecular complexity index is 415. The van der Waals surface area contributed by atoms with Crippen LogP contribution in [0.3, 0.4) is 0 Å².